The van der Waals surface area contributed by atoms with Crippen molar-refractivity contribution in [3.8, 4) is 0 Å². The molecule has 0 aromatic carbocycles. The van der Waals surface area contributed by atoms with E-state index >= 15 is 0 Å². The van der Waals surface area contributed by atoms with Crippen LogP contribution >= 0.6 is 15.9 Å². The van der Waals surface area contributed by atoms with Crippen molar-refractivity contribution in [2.75, 3.05) is 0 Å². The van der Waals surface area contributed by atoms with E-state index in [2.05, 4.69) is 15.9 Å². The maximum Gasteiger partial charge on any atom is 0.131 e. The van der Waals surface area contributed by atoms with E-state index in [9.17, 15) is 4.39 Å². The van der Waals surface area contributed by atoms with Crippen LogP contribution in [0.5, 0.6) is 0 Å². The normalized spacial score (nSPS) is 33.1. The summed E-state index contributed by atoms with van der Waals surface area (Å²) in [6.45, 7) is 1.47. The fraction of sp³-hybridized carbons (Fsp3) is 0.429. The van der Waals surface area contributed by atoms with Gasteiger partial charge in [0.05, 0.1) is 0 Å². The SMILES string of the molecule is CC1(F)C=CC(O)=C(Br)C1. The summed E-state index contributed by atoms with van der Waals surface area (Å²) in [5.41, 5.74) is -1.31. The Balaban J connectivity index is 2.85. The first-order valence-corrected chi connectivity index (χ1v) is 3.76. The Morgan fingerprint density at radius 3 is 2.80 bits per heavy atom. The molecule has 1 rings (SSSR count). The van der Waals surface area contributed by atoms with Gasteiger partial charge in [0, 0.05) is 10.9 Å². The van der Waals surface area contributed by atoms with Gasteiger partial charge in [-0.05, 0) is 19.1 Å². The van der Waals surface area contributed by atoms with E-state index in [1.54, 1.807) is 0 Å². The minimum Gasteiger partial charge on any atom is -0.507 e. The number of rotatable bonds is 0. The minimum atomic E-state index is -1.31. The Kier molecular flexibility index (Phi) is 1.86. The monoisotopic (exact) mass is 206 g/mol. The number of halogens is 2. The van der Waals surface area contributed by atoms with Gasteiger partial charge in [-0.1, -0.05) is 15.9 Å². The molecule has 3 heteroatoms. The molecule has 0 fully saturated rings. The Morgan fingerprint density at radius 1 is 1.80 bits per heavy atom. The largest absolute Gasteiger partial charge is 0.507 e. The van der Waals surface area contributed by atoms with Crippen LogP contribution in [0.25, 0.3) is 0 Å². The molecule has 0 aliphatic heterocycles. The number of alkyl halides is 1. The first-order valence-electron chi connectivity index (χ1n) is 2.97. The first-order chi connectivity index (χ1) is 4.51. The number of hydrogen-bond donors (Lipinski definition) is 1. The molecule has 0 amide bonds. The van der Waals surface area contributed by atoms with Crippen molar-refractivity contribution in [1.29, 1.82) is 0 Å². The third-order valence-electron chi connectivity index (χ3n) is 1.37. The lowest BCUT2D eigenvalue weighted by Crippen LogP contribution is -2.17. The molecule has 1 atom stereocenters. The molecule has 0 aromatic rings. The average Bonchev–Trinajstić information content (AvgIpc) is 1.79. The molecule has 0 aromatic heterocycles. The highest BCUT2D eigenvalue weighted by molar-refractivity contribution is 9.11. The summed E-state index contributed by atoms with van der Waals surface area (Å²) >= 11 is 3.07. The summed E-state index contributed by atoms with van der Waals surface area (Å²) < 4.78 is 13.6. The van der Waals surface area contributed by atoms with Crippen molar-refractivity contribution in [3.05, 3.63) is 22.4 Å². The maximum atomic E-state index is 13.0. The van der Waals surface area contributed by atoms with E-state index < -0.39 is 5.67 Å². The van der Waals surface area contributed by atoms with E-state index in [4.69, 9.17) is 5.11 Å². The molecule has 10 heavy (non-hydrogen) atoms. The highest BCUT2D eigenvalue weighted by Gasteiger charge is 2.25. The van der Waals surface area contributed by atoms with Crippen LogP contribution in [-0.2, 0) is 0 Å². The lowest BCUT2D eigenvalue weighted by Gasteiger charge is -2.19. The van der Waals surface area contributed by atoms with Gasteiger partial charge >= 0.3 is 0 Å². The summed E-state index contributed by atoms with van der Waals surface area (Å²) in [7, 11) is 0. The highest BCUT2D eigenvalue weighted by Crippen LogP contribution is 2.31. The van der Waals surface area contributed by atoms with Gasteiger partial charge in [0.1, 0.15) is 11.4 Å². The second-order valence-electron chi connectivity index (χ2n) is 2.58. The second-order valence-corrected chi connectivity index (χ2v) is 3.54. The quantitative estimate of drug-likeness (QED) is 0.647. The average molecular weight is 207 g/mol. The zero-order valence-electron chi connectivity index (χ0n) is 5.56. The van der Waals surface area contributed by atoms with Crippen molar-refractivity contribution < 1.29 is 9.50 Å². The molecule has 1 unspecified atom stereocenters. The van der Waals surface area contributed by atoms with Gasteiger partial charge in [0.15, 0.2) is 0 Å². The minimum absolute atomic E-state index is 0.120. The van der Waals surface area contributed by atoms with E-state index in [1.165, 1.54) is 19.1 Å². The topological polar surface area (TPSA) is 20.2 Å². The fourth-order valence-corrected chi connectivity index (χ4v) is 1.48. The lowest BCUT2D eigenvalue weighted by molar-refractivity contribution is 0.251. The molecular formula is C7H8BrFO. The highest BCUT2D eigenvalue weighted by atomic mass is 79.9. The summed E-state index contributed by atoms with van der Waals surface area (Å²) in [5.74, 6) is 0.120. The maximum absolute atomic E-state index is 13.0. The molecule has 0 saturated carbocycles. The predicted octanol–water partition coefficient (Wildman–Crippen LogP) is 2.84. The van der Waals surface area contributed by atoms with Gasteiger partial charge in [0.25, 0.3) is 0 Å². The number of allylic oxidation sites excluding steroid dienone is 3. The smallest absolute Gasteiger partial charge is 0.131 e. The molecule has 56 valence electrons. The molecule has 1 nitrogen and oxygen atoms in total. The molecule has 1 aliphatic carbocycles. The van der Waals surface area contributed by atoms with Crippen molar-refractivity contribution in [1.82, 2.24) is 0 Å². The molecule has 0 heterocycles. The van der Waals surface area contributed by atoms with Crippen molar-refractivity contribution in [2.45, 2.75) is 19.0 Å². The Labute approximate surface area is 67.4 Å². The van der Waals surface area contributed by atoms with Gasteiger partial charge < -0.3 is 5.11 Å². The zero-order valence-corrected chi connectivity index (χ0v) is 7.15. The third-order valence-corrected chi connectivity index (χ3v) is 2.05. The summed E-state index contributed by atoms with van der Waals surface area (Å²) in [5, 5.41) is 8.99. The van der Waals surface area contributed by atoms with Crippen LogP contribution in [0, 0.1) is 0 Å². The Bertz CT molecular complexity index is 206. The zero-order chi connectivity index (χ0) is 7.78. The van der Waals surface area contributed by atoms with Crippen molar-refractivity contribution in [3.63, 3.8) is 0 Å². The van der Waals surface area contributed by atoms with Gasteiger partial charge in [0.2, 0.25) is 0 Å². The van der Waals surface area contributed by atoms with Crippen LogP contribution in [0.4, 0.5) is 4.39 Å². The number of hydrogen-bond acceptors (Lipinski definition) is 1. The fourth-order valence-electron chi connectivity index (χ4n) is 0.796. The number of aliphatic hydroxyl groups is 1. The number of aliphatic hydroxyl groups excluding tert-OH is 1. The second kappa shape index (κ2) is 2.38. The van der Waals surface area contributed by atoms with Gasteiger partial charge in [-0.2, -0.15) is 0 Å². The van der Waals surface area contributed by atoms with Crippen LogP contribution in [0.15, 0.2) is 22.4 Å². The van der Waals surface area contributed by atoms with Crippen molar-refractivity contribution >= 4 is 15.9 Å². The van der Waals surface area contributed by atoms with Gasteiger partial charge in [-0.15, -0.1) is 0 Å². The molecule has 1 N–H and O–H groups in total. The third kappa shape index (κ3) is 1.59. The summed E-state index contributed by atoms with van der Waals surface area (Å²) in [4.78, 5) is 0. The van der Waals surface area contributed by atoms with Gasteiger partial charge in [-0.3, -0.25) is 0 Å². The molecule has 0 bridgehead atoms. The van der Waals surface area contributed by atoms with Crippen molar-refractivity contribution in [2.24, 2.45) is 0 Å². The molecule has 0 radical (unpaired) electrons. The Morgan fingerprint density at radius 2 is 2.40 bits per heavy atom. The van der Waals surface area contributed by atoms with Gasteiger partial charge in [-0.25, -0.2) is 4.39 Å². The summed E-state index contributed by atoms with van der Waals surface area (Å²) in [6, 6.07) is 0. The van der Waals surface area contributed by atoms with E-state index in [0.29, 0.717) is 4.48 Å². The van der Waals surface area contributed by atoms with E-state index in [-0.39, 0.29) is 12.2 Å². The summed E-state index contributed by atoms with van der Waals surface area (Å²) in [6.07, 6.45) is 2.94. The van der Waals surface area contributed by atoms with Crippen LogP contribution in [0.2, 0.25) is 0 Å². The van der Waals surface area contributed by atoms with Crippen LogP contribution in [0.3, 0.4) is 0 Å². The standard InChI is InChI=1S/C7H8BrFO/c1-7(9)3-2-6(10)5(8)4-7/h2-3,10H,4H2,1H3. The van der Waals surface area contributed by atoms with E-state index in [0.717, 1.165) is 0 Å². The molecule has 0 saturated heterocycles. The van der Waals surface area contributed by atoms with Crippen LogP contribution in [0.1, 0.15) is 13.3 Å². The molecule has 1 aliphatic rings. The Hall–Kier alpha value is -0.310. The first kappa shape index (κ1) is 7.79. The predicted molar refractivity (Wildman–Crippen MR) is 41.9 cm³/mol. The van der Waals surface area contributed by atoms with Crippen LogP contribution in [-0.4, -0.2) is 10.8 Å². The molecule has 0 spiro atoms. The van der Waals surface area contributed by atoms with E-state index in [1.807, 2.05) is 0 Å². The lowest BCUT2D eigenvalue weighted by atomic mass is 9.99. The molecular weight excluding hydrogens is 199 g/mol. The van der Waals surface area contributed by atoms with Crippen LogP contribution < -0.4 is 0 Å².